The van der Waals surface area contributed by atoms with Gasteiger partial charge in [0, 0.05) is 6.54 Å². The van der Waals surface area contributed by atoms with Crippen molar-refractivity contribution in [1.82, 2.24) is 4.72 Å². The molecule has 0 aromatic carbocycles. The quantitative estimate of drug-likeness (QED) is 0.532. The second-order valence-electron chi connectivity index (χ2n) is 3.01. The molecule has 0 aromatic heterocycles. The number of nitrogens with one attached hydrogen (secondary N) is 1. The minimum Gasteiger partial charge on any atom is -0.468 e. The minimum atomic E-state index is -3.32. The number of hydrogen-bond donors (Lipinski definition) is 1. The molecule has 0 saturated carbocycles. The summed E-state index contributed by atoms with van der Waals surface area (Å²) in [7, 11) is -2.13. The Kier molecular flexibility index (Phi) is 6.87. The van der Waals surface area contributed by atoms with Crippen LogP contribution in [0.3, 0.4) is 0 Å². The van der Waals surface area contributed by atoms with E-state index in [1.807, 2.05) is 6.92 Å². The Balaban J connectivity index is 3.98. The summed E-state index contributed by atoms with van der Waals surface area (Å²) in [5, 5.41) is -0.980. The normalized spacial score (nSPS) is 13.5. The number of methoxy groups -OCH3 is 1. The molecular weight excluding hydrogens is 242 g/mol. The van der Waals surface area contributed by atoms with Gasteiger partial charge >= 0.3 is 5.97 Å². The number of carbonyl (C=O) groups excluding carboxylic acids is 1. The molecule has 0 rings (SSSR count). The first-order valence-corrected chi connectivity index (χ1v) is 6.71. The van der Waals surface area contributed by atoms with Crippen molar-refractivity contribution >= 4 is 27.6 Å². The summed E-state index contributed by atoms with van der Waals surface area (Å²) in [6.45, 7) is 1.76. The van der Waals surface area contributed by atoms with Crippen molar-refractivity contribution in [2.75, 3.05) is 19.4 Å². The molecule has 90 valence electrons. The summed E-state index contributed by atoms with van der Waals surface area (Å²) < 4.78 is 29.2. The van der Waals surface area contributed by atoms with Gasteiger partial charge in [-0.25, -0.2) is 13.1 Å². The highest BCUT2D eigenvalue weighted by atomic mass is 35.5. The van der Waals surface area contributed by atoms with E-state index in [9.17, 15) is 13.2 Å². The second-order valence-corrected chi connectivity index (χ2v) is 5.46. The first-order valence-electron chi connectivity index (χ1n) is 4.62. The molecule has 0 aromatic rings. The third-order valence-corrected chi connectivity index (χ3v) is 3.47. The largest absolute Gasteiger partial charge is 0.468 e. The van der Waals surface area contributed by atoms with Crippen LogP contribution in [0.5, 0.6) is 0 Å². The van der Waals surface area contributed by atoms with Crippen LogP contribution in [-0.2, 0) is 19.6 Å². The van der Waals surface area contributed by atoms with Crippen LogP contribution in [-0.4, -0.2) is 39.2 Å². The van der Waals surface area contributed by atoms with Crippen LogP contribution in [0.2, 0.25) is 0 Å². The van der Waals surface area contributed by atoms with Crippen LogP contribution in [0, 0.1) is 0 Å². The number of alkyl halides is 1. The molecular formula is C8H16ClNO4S. The van der Waals surface area contributed by atoms with E-state index < -0.39 is 21.4 Å². The number of halogens is 1. The van der Waals surface area contributed by atoms with Crippen molar-refractivity contribution < 1.29 is 17.9 Å². The maximum atomic E-state index is 11.3. The molecule has 1 N–H and O–H groups in total. The number of hydrogen-bond acceptors (Lipinski definition) is 4. The summed E-state index contributed by atoms with van der Waals surface area (Å²) in [5.41, 5.74) is 0. The SMILES string of the molecule is CCCCS(=O)(=O)NCC(Cl)C(=O)OC. The van der Waals surface area contributed by atoms with Crippen LogP contribution in [0.1, 0.15) is 19.8 Å². The zero-order valence-corrected chi connectivity index (χ0v) is 10.4. The monoisotopic (exact) mass is 257 g/mol. The molecule has 0 bridgehead atoms. The summed E-state index contributed by atoms with van der Waals surface area (Å²) >= 11 is 5.57. The molecule has 0 saturated heterocycles. The molecule has 1 atom stereocenters. The Hall–Kier alpha value is -0.330. The molecule has 7 heteroatoms. The maximum Gasteiger partial charge on any atom is 0.325 e. The number of esters is 1. The molecule has 15 heavy (non-hydrogen) atoms. The van der Waals surface area contributed by atoms with Gasteiger partial charge in [0.25, 0.3) is 0 Å². The van der Waals surface area contributed by atoms with Gasteiger partial charge in [0.05, 0.1) is 12.9 Å². The summed E-state index contributed by atoms with van der Waals surface area (Å²) in [6.07, 6.45) is 1.38. The molecule has 0 aliphatic heterocycles. The highest BCUT2D eigenvalue weighted by molar-refractivity contribution is 7.89. The third kappa shape index (κ3) is 6.70. The van der Waals surface area contributed by atoms with E-state index in [1.54, 1.807) is 0 Å². The molecule has 1 unspecified atom stereocenters. The number of unbranched alkanes of at least 4 members (excludes halogenated alkanes) is 1. The van der Waals surface area contributed by atoms with E-state index in [0.29, 0.717) is 6.42 Å². The zero-order chi connectivity index (χ0) is 11.9. The fraction of sp³-hybridized carbons (Fsp3) is 0.875. The van der Waals surface area contributed by atoms with Gasteiger partial charge in [-0.15, -0.1) is 11.6 Å². The standard InChI is InChI=1S/C8H16ClNO4S/c1-3-4-5-15(12,13)10-6-7(9)8(11)14-2/h7,10H,3-6H2,1-2H3. The predicted octanol–water partition coefficient (Wildman–Crippen LogP) is 0.486. The van der Waals surface area contributed by atoms with Crippen LogP contribution in [0.15, 0.2) is 0 Å². The molecule has 0 amide bonds. The fourth-order valence-electron chi connectivity index (χ4n) is 0.818. The van der Waals surface area contributed by atoms with E-state index in [-0.39, 0.29) is 12.3 Å². The van der Waals surface area contributed by atoms with Crippen LogP contribution < -0.4 is 4.72 Å². The molecule has 0 aliphatic carbocycles. The van der Waals surface area contributed by atoms with E-state index in [0.717, 1.165) is 6.42 Å². The second kappa shape index (κ2) is 7.03. The minimum absolute atomic E-state index is 0.0499. The van der Waals surface area contributed by atoms with Crippen LogP contribution in [0.25, 0.3) is 0 Å². The van der Waals surface area contributed by atoms with Gasteiger partial charge in [-0.2, -0.15) is 0 Å². The Morgan fingerprint density at radius 2 is 2.13 bits per heavy atom. The van der Waals surface area contributed by atoms with E-state index in [1.165, 1.54) is 7.11 Å². The zero-order valence-electron chi connectivity index (χ0n) is 8.82. The number of carbonyl (C=O) groups is 1. The summed E-state index contributed by atoms with van der Waals surface area (Å²) in [4.78, 5) is 10.9. The average Bonchev–Trinajstić information content (AvgIpc) is 2.22. The Morgan fingerprint density at radius 1 is 1.53 bits per heavy atom. The van der Waals surface area contributed by atoms with Gasteiger partial charge in [0.15, 0.2) is 0 Å². The topological polar surface area (TPSA) is 72.5 Å². The van der Waals surface area contributed by atoms with Gasteiger partial charge in [-0.3, -0.25) is 4.79 Å². The van der Waals surface area contributed by atoms with Gasteiger partial charge in [0.1, 0.15) is 5.38 Å². The Morgan fingerprint density at radius 3 is 2.60 bits per heavy atom. The van der Waals surface area contributed by atoms with Gasteiger partial charge < -0.3 is 4.74 Å². The lowest BCUT2D eigenvalue weighted by molar-refractivity contribution is -0.140. The lowest BCUT2D eigenvalue weighted by Crippen LogP contribution is -2.35. The van der Waals surface area contributed by atoms with Gasteiger partial charge in [-0.05, 0) is 6.42 Å². The smallest absolute Gasteiger partial charge is 0.325 e. The van der Waals surface area contributed by atoms with Crippen molar-refractivity contribution in [1.29, 1.82) is 0 Å². The molecule has 0 fully saturated rings. The molecule has 5 nitrogen and oxygen atoms in total. The first kappa shape index (κ1) is 14.7. The fourth-order valence-corrected chi connectivity index (χ4v) is 2.31. The van der Waals surface area contributed by atoms with Crippen LogP contribution in [0.4, 0.5) is 0 Å². The number of rotatable bonds is 7. The molecule has 0 spiro atoms. The number of sulfonamides is 1. The van der Waals surface area contributed by atoms with Crippen molar-refractivity contribution in [3.05, 3.63) is 0 Å². The van der Waals surface area contributed by atoms with E-state index in [2.05, 4.69) is 9.46 Å². The van der Waals surface area contributed by atoms with Gasteiger partial charge in [-0.1, -0.05) is 13.3 Å². The van der Waals surface area contributed by atoms with E-state index in [4.69, 9.17) is 11.6 Å². The Bertz CT molecular complexity index is 291. The van der Waals surface area contributed by atoms with Gasteiger partial charge in [0.2, 0.25) is 10.0 Å². The van der Waals surface area contributed by atoms with Crippen LogP contribution >= 0.6 is 11.6 Å². The molecule has 0 radical (unpaired) electrons. The summed E-state index contributed by atoms with van der Waals surface area (Å²) in [6, 6.07) is 0. The average molecular weight is 258 g/mol. The summed E-state index contributed by atoms with van der Waals surface area (Å²) in [5.74, 6) is -0.594. The van der Waals surface area contributed by atoms with Crippen molar-refractivity contribution in [2.24, 2.45) is 0 Å². The number of ether oxygens (including phenoxy) is 1. The lowest BCUT2D eigenvalue weighted by atomic mass is 10.4. The predicted molar refractivity (Wildman–Crippen MR) is 58.4 cm³/mol. The highest BCUT2D eigenvalue weighted by Crippen LogP contribution is 1.99. The van der Waals surface area contributed by atoms with Crippen molar-refractivity contribution in [3.63, 3.8) is 0 Å². The third-order valence-electron chi connectivity index (χ3n) is 1.71. The maximum absolute atomic E-state index is 11.3. The first-order chi connectivity index (χ1) is 6.93. The van der Waals surface area contributed by atoms with Crippen molar-refractivity contribution in [2.45, 2.75) is 25.1 Å². The lowest BCUT2D eigenvalue weighted by Gasteiger charge is -2.09. The Labute approximate surface area is 95.2 Å². The van der Waals surface area contributed by atoms with E-state index >= 15 is 0 Å². The highest BCUT2D eigenvalue weighted by Gasteiger charge is 2.18. The molecule has 0 aliphatic rings. The molecule has 0 heterocycles. The van der Waals surface area contributed by atoms with Crippen molar-refractivity contribution in [3.8, 4) is 0 Å².